The summed E-state index contributed by atoms with van der Waals surface area (Å²) in [6.07, 6.45) is 0.947. The third-order valence-corrected chi connectivity index (χ3v) is 4.68. The molecule has 0 atom stereocenters. The number of carbonyl (C=O) groups excluding carboxylic acids is 1. The second-order valence-corrected chi connectivity index (χ2v) is 6.17. The molecule has 1 aromatic heterocycles. The first-order valence-electron chi connectivity index (χ1n) is 7.00. The maximum Gasteiger partial charge on any atom is 0.236 e. The number of rotatable bonds is 4. The number of amides is 1. The Hall–Kier alpha value is -1.72. The van der Waals surface area contributed by atoms with Crippen molar-refractivity contribution in [1.29, 1.82) is 0 Å². The van der Waals surface area contributed by atoms with E-state index in [0.717, 1.165) is 18.5 Å². The number of halogens is 1. The summed E-state index contributed by atoms with van der Waals surface area (Å²) in [5, 5.41) is 5.17. The lowest BCUT2D eigenvalue weighted by Gasteiger charge is -2.27. The quantitative estimate of drug-likeness (QED) is 0.941. The van der Waals surface area contributed by atoms with Gasteiger partial charge in [-0.3, -0.25) is 4.79 Å². The zero-order valence-corrected chi connectivity index (χ0v) is 12.5. The highest BCUT2D eigenvalue weighted by atomic mass is 32.1. The van der Waals surface area contributed by atoms with Crippen LogP contribution in [-0.2, 0) is 24.3 Å². The van der Waals surface area contributed by atoms with E-state index < -0.39 is 0 Å². The van der Waals surface area contributed by atoms with E-state index in [1.807, 2.05) is 11.0 Å². The van der Waals surface area contributed by atoms with Gasteiger partial charge in [-0.25, -0.2) is 4.39 Å². The summed E-state index contributed by atoms with van der Waals surface area (Å²) in [4.78, 5) is 15.5. The van der Waals surface area contributed by atoms with Crippen LogP contribution < -0.4 is 5.32 Å². The lowest BCUT2D eigenvalue weighted by atomic mass is 10.1. The minimum Gasteiger partial charge on any atom is -0.337 e. The molecule has 2 aromatic rings. The summed E-state index contributed by atoms with van der Waals surface area (Å²) in [5.41, 5.74) is 2.12. The van der Waals surface area contributed by atoms with Crippen molar-refractivity contribution in [1.82, 2.24) is 10.2 Å². The molecular weight excluding hydrogens is 287 g/mol. The Kier molecular flexibility index (Phi) is 4.31. The number of carbonyl (C=O) groups is 1. The van der Waals surface area contributed by atoms with Gasteiger partial charge in [-0.05, 0) is 41.1 Å². The second kappa shape index (κ2) is 6.37. The van der Waals surface area contributed by atoms with Crippen LogP contribution in [0.2, 0.25) is 0 Å². The van der Waals surface area contributed by atoms with Gasteiger partial charge in [-0.1, -0.05) is 12.1 Å². The largest absolute Gasteiger partial charge is 0.337 e. The number of nitrogens with one attached hydrogen (secondary N) is 1. The fourth-order valence-corrected chi connectivity index (χ4v) is 3.42. The van der Waals surface area contributed by atoms with Crippen molar-refractivity contribution in [2.24, 2.45) is 0 Å². The number of hydrogen-bond acceptors (Lipinski definition) is 3. The lowest BCUT2D eigenvalue weighted by molar-refractivity contribution is -0.131. The van der Waals surface area contributed by atoms with E-state index in [-0.39, 0.29) is 18.3 Å². The minimum atomic E-state index is -0.248. The Morgan fingerprint density at radius 1 is 1.38 bits per heavy atom. The Labute approximate surface area is 127 Å². The molecule has 1 amide bonds. The molecule has 0 saturated heterocycles. The molecule has 5 heteroatoms. The second-order valence-electron chi connectivity index (χ2n) is 5.17. The highest BCUT2D eigenvalue weighted by molar-refractivity contribution is 7.10. The molecule has 1 N–H and O–H groups in total. The van der Waals surface area contributed by atoms with E-state index in [1.165, 1.54) is 22.6 Å². The van der Waals surface area contributed by atoms with Crippen LogP contribution in [0.5, 0.6) is 0 Å². The molecule has 1 aliphatic heterocycles. The van der Waals surface area contributed by atoms with Gasteiger partial charge in [0.1, 0.15) is 5.82 Å². The Balaban J connectivity index is 1.49. The number of benzene rings is 1. The third kappa shape index (κ3) is 3.49. The van der Waals surface area contributed by atoms with Crippen LogP contribution in [0.25, 0.3) is 0 Å². The van der Waals surface area contributed by atoms with Gasteiger partial charge in [-0.15, -0.1) is 11.3 Å². The first-order valence-corrected chi connectivity index (χ1v) is 7.88. The van der Waals surface area contributed by atoms with Gasteiger partial charge >= 0.3 is 0 Å². The zero-order chi connectivity index (χ0) is 14.7. The summed E-state index contributed by atoms with van der Waals surface area (Å²) >= 11 is 1.77. The number of thiophene rings is 1. The summed E-state index contributed by atoms with van der Waals surface area (Å²) in [7, 11) is 0. The van der Waals surface area contributed by atoms with E-state index >= 15 is 0 Å². The van der Waals surface area contributed by atoms with Crippen molar-refractivity contribution in [2.75, 3.05) is 13.1 Å². The fourth-order valence-electron chi connectivity index (χ4n) is 2.53. The van der Waals surface area contributed by atoms with Crippen molar-refractivity contribution in [3.63, 3.8) is 0 Å². The van der Waals surface area contributed by atoms with E-state index in [9.17, 15) is 9.18 Å². The molecule has 0 aliphatic carbocycles. The normalized spacial score (nSPS) is 14.0. The van der Waals surface area contributed by atoms with E-state index in [0.29, 0.717) is 13.1 Å². The number of hydrogen-bond donors (Lipinski definition) is 1. The van der Waals surface area contributed by atoms with Gasteiger partial charge in [0.25, 0.3) is 0 Å². The van der Waals surface area contributed by atoms with E-state index in [1.54, 1.807) is 17.4 Å². The molecule has 21 heavy (non-hydrogen) atoms. The first kappa shape index (κ1) is 14.2. The minimum absolute atomic E-state index is 0.100. The van der Waals surface area contributed by atoms with Crippen LogP contribution >= 0.6 is 11.3 Å². The van der Waals surface area contributed by atoms with Gasteiger partial charge in [0, 0.05) is 24.5 Å². The van der Waals surface area contributed by atoms with E-state index in [4.69, 9.17) is 0 Å². The number of fused-ring (bicyclic) bond motifs is 1. The molecule has 110 valence electrons. The third-order valence-electron chi connectivity index (χ3n) is 3.65. The van der Waals surface area contributed by atoms with Gasteiger partial charge in [0.2, 0.25) is 5.91 Å². The maximum atomic E-state index is 13.1. The zero-order valence-electron chi connectivity index (χ0n) is 11.6. The van der Waals surface area contributed by atoms with Gasteiger partial charge in [0.15, 0.2) is 0 Å². The average Bonchev–Trinajstić information content (AvgIpc) is 2.94. The topological polar surface area (TPSA) is 32.3 Å². The van der Waals surface area contributed by atoms with Gasteiger partial charge in [-0.2, -0.15) is 0 Å². The van der Waals surface area contributed by atoms with Crippen LogP contribution in [0.1, 0.15) is 16.0 Å². The van der Waals surface area contributed by atoms with Crippen molar-refractivity contribution in [3.8, 4) is 0 Å². The highest BCUT2D eigenvalue weighted by Gasteiger charge is 2.20. The monoisotopic (exact) mass is 304 g/mol. The van der Waals surface area contributed by atoms with E-state index in [2.05, 4.69) is 16.8 Å². The van der Waals surface area contributed by atoms with Gasteiger partial charge < -0.3 is 10.2 Å². The Morgan fingerprint density at radius 2 is 2.29 bits per heavy atom. The van der Waals surface area contributed by atoms with Crippen molar-refractivity contribution in [2.45, 2.75) is 19.5 Å². The molecule has 1 aromatic carbocycles. The lowest BCUT2D eigenvalue weighted by Crippen LogP contribution is -2.40. The Bertz CT molecular complexity index is 641. The highest BCUT2D eigenvalue weighted by Crippen LogP contribution is 2.23. The predicted octanol–water partition coefficient (Wildman–Crippen LogP) is 2.56. The molecule has 0 saturated carbocycles. The molecule has 3 nitrogen and oxygen atoms in total. The van der Waals surface area contributed by atoms with Crippen LogP contribution in [-0.4, -0.2) is 23.9 Å². The summed E-state index contributed by atoms with van der Waals surface area (Å²) in [6, 6.07) is 8.52. The van der Waals surface area contributed by atoms with Crippen molar-refractivity contribution >= 4 is 17.2 Å². The first-order chi connectivity index (χ1) is 10.2. The molecule has 1 aliphatic rings. The van der Waals surface area contributed by atoms with Crippen LogP contribution in [0.15, 0.2) is 35.7 Å². The molecule has 3 rings (SSSR count). The summed E-state index contributed by atoms with van der Waals surface area (Å²) < 4.78 is 13.1. The maximum absolute atomic E-state index is 13.1. The Morgan fingerprint density at radius 3 is 3.14 bits per heavy atom. The summed E-state index contributed by atoms with van der Waals surface area (Å²) in [6.45, 7) is 2.28. The van der Waals surface area contributed by atoms with Crippen molar-refractivity contribution < 1.29 is 9.18 Å². The molecule has 0 unspecified atom stereocenters. The molecule has 0 bridgehead atoms. The average molecular weight is 304 g/mol. The van der Waals surface area contributed by atoms with Crippen LogP contribution in [0, 0.1) is 5.82 Å². The SMILES string of the molecule is O=C(CNCc1cccc(F)c1)N1CCc2sccc2C1. The smallest absolute Gasteiger partial charge is 0.236 e. The molecule has 0 radical (unpaired) electrons. The van der Waals surface area contributed by atoms with Crippen LogP contribution in [0.3, 0.4) is 0 Å². The molecule has 0 fully saturated rings. The standard InChI is InChI=1S/C16H17FN2OS/c17-14-3-1-2-12(8-14)9-18-10-16(20)19-6-4-15-13(11-19)5-7-21-15/h1-3,5,7-8,18H,4,6,9-11H2. The fraction of sp³-hybridized carbons (Fsp3) is 0.312. The molecule has 0 spiro atoms. The number of nitrogens with zero attached hydrogens (tertiary/aromatic N) is 1. The van der Waals surface area contributed by atoms with Gasteiger partial charge in [0.05, 0.1) is 6.54 Å². The predicted molar refractivity (Wildman–Crippen MR) is 81.5 cm³/mol. The van der Waals surface area contributed by atoms with Crippen LogP contribution in [0.4, 0.5) is 4.39 Å². The summed E-state index contributed by atoms with van der Waals surface area (Å²) in [5.74, 6) is -0.148. The molecule has 2 heterocycles. The van der Waals surface area contributed by atoms with Crippen molar-refractivity contribution in [3.05, 3.63) is 57.5 Å². The molecular formula is C16H17FN2OS.